The number of alkyl carbamates (subject to hydrolysis) is 1. The van der Waals surface area contributed by atoms with Gasteiger partial charge in [0.2, 0.25) is 0 Å². The molecule has 1 amide bonds. The third-order valence-electron chi connectivity index (χ3n) is 2.22. The summed E-state index contributed by atoms with van der Waals surface area (Å²) in [6.45, 7) is 6.38. The number of nitrogens with two attached hydrogens (primary N) is 1. The molecule has 0 radical (unpaired) electrons. The van der Waals surface area contributed by atoms with E-state index in [4.69, 9.17) is 26.8 Å². The highest BCUT2D eigenvalue weighted by Crippen LogP contribution is 2.24. The Hall–Kier alpha value is -1.62. The molecule has 3 N–H and O–H groups in total. The first-order chi connectivity index (χ1) is 9.28. The molecule has 0 saturated carbocycles. The fourth-order valence-corrected chi connectivity index (χ4v) is 1.59. The normalized spacial score (nSPS) is 11.0. The van der Waals surface area contributed by atoms with Gasteiger partial charge in [0.1, 0.15) is 11.4 Å². The van der Waals surface area contributed by atoms with Crippen molar-refractivity contribution < 1.29 is 14.3 Å². The van der Waals surface area contributed by atoms with Crippen LogP contribution in [0.3, 0.4) is 0 Å². The van der Waals surface area contributed by atoms with Crippen molar-refractivity contribution in [3.05, 3.63) is 23.2 Å². The second-order valence-corrected chi connectivity index (χ2v) is 5.75. The van der Waals surface area contributed by atoms with Crippen molar-refractivity contribution in [3.63, 3.8) is 0 Å². The van der Waals surface area contributed by atoms with E-state index >= 15 is 0 Å². The van der Waals surface area contributed by atoms with Crippen molar-refractivity contribution in [3.8, 4) is 5.75 Å². The van der Waals surface area contributed by atoms with Gasteiger partial charge in [-0.3, -0.25) is 0 Å². The minimum Gasteiger partial charge on any atom is -0.491 e. The highest BCUT2D eigenvalue weighted by Gasteiger charge is 2.15. The van der Waals surface area contributed by atoms with Gasteiger partial charge in [-0.1, -0.05) is 11.6 Å². The second kappa shape index (κ2) is 7.24. The molecule has 0 atom stereocenters. The lowest BCUT2D eigenvalue weighted by molar-refractivity contribution is 0.0525. The summed E-state index contributed by atoms with van der Waals surface area (Å²) in [6.07, 6.45) is 0.227. The molecule has 0 aromatic heterocycles. The van der Waals surface area contributed by atoms with Crippen LogP contribution in [0.4, 0.5) is 10.5 Å². The number of carbonyl (C=O) groups is 1. The van der Waals surface area contributed by atoms with Crippen LogP contribution < -0.4 is 15.8 Å². The lowest BCUT2D eigenvalue weighted by Crippen LogP contribution is -2.33. The van der Waals surface area contributed by atoms with Gasteiger partial charge in [-0.05, 0) is 45.4 Å². The smallest absolute Gasteiger partial charge is 0.407 e. The molecule has 0 unspecified atom stereocenters. The molecule has 0 aliphatic heterocycles. The predicted molar refractivity (Wildman–Crippen MR) is 80.2 cm³/mol. The van der Waals surface area contributed by atoms with Crippen LogP contribution >= 0.6 is 11.6 Å². The molecule has 5 nitrogen and oxygen atoms in total. The molecule has 1 aromatic carbocycles. The van der Waals surface area contributed by atoms with Crippen LogP contribution in [0.5, 0.6) is 5.75 Å². The van der Waals surface area contributed by atoms with E-state index in [9.17, 15) is 4.79 Å². The van der Waals surface area contributed by atoms with Gasteiger partial charge in [0.05, 0.1) is 12.3 Å². The number of ether oxygens (including phenoxy) is 2. The molecular formula is C14H21ClN2O3. The standard InChI is InChI=1S/C14H21ClN2O3/c1-14(2,3)20-13(18)17-7-4-8-19-12-6-5-10(15)9-11(12)16/h5-6,9H,4,7-8,16H2,1-3H3,(H,17,18). The van der Waals surface area contributed by atoms with E-state index in [0.717, 1.165) is 0 Å². The number of carbonyl (C=O) groups excluding carboxylic acids is 1. The van der Waals surface area contributed by atoms with Crippen LogP contribution in [0.1, 0.15) is 27.2 Å². The Bertz CT molecular complexity index is 458. The van der Waals surface area contributed by atoms with Gasteiger partial charge < -0.3 is 20.5 Å². The molecule has 0 spiro atoms. The van der Waals surface area contributed by atoms with Crippen LogP contribution in [0.15, 0.2) is 18.2 Å². The van der Waals surface area contributed by atoms with Crippen molar-refractivity contribution in [2.75, 3.05) is 18.9 Å². The molecule has 1 rings (SSSR count). The third kappa shape index (κ3) is 6.52. The molecule has 0 fully saturated rings. The Labute approximate surface area is 124 Å². The number of anilines is 1. The molecule has 112 valence electrons. The number of hydrogen-bond acceptors (Lipinski definition) is 4. The Kier molecular flexibility index (Phi) is 5.95. The van der Waals surface area contributed by atoms with Crippen LogP contribution in [-0.4, -0.2) is 24.8 Å². The quantitative estimate of drug-likeness (QED) is 0.647. The summed E-state index contributed by atoms with van der Waals surface area (Å²) in [5, 5.41) is 3.23. The molecule has 6 heteroatoms. The average molecular weight is 301 g/mol. The summed E-state index contributed by atoms with van der Waals surface area (Å²) in [5.74, 6) is 0.590. The molecular weight excluding hydrogens is 280 g/mol. The molecule has 0 aliphatic carbocycles. The van der Waals surface area contributed by atoms with Crippen molar-refractivity contribution >= 4 is 23.4 Å². The van der Waals surface area contributed by atoms with Crippen LogP contribution in [0.25, 0.3) is 0 Å². The molecule has 1 aromatic rings. The Morgan fingerprint density at radius 2 is 2.10 bits per heavy atom. The number of nitrogens with one attached hydrogen (secondary N) is 1. The van der Waals surface area contributed by atoms with Crippen molar-refractivity contribution in [2.24, 2.45) is 0 Å². The summed E-state index contributed by atoms with van der Waals surface area (Å²) in [7, 11) is 0. The molecule has 0 aliphatic rings. The highest BCUT2D eigenvalue weighted by molar-refractivity contribution is 6.30. The van der Waals surface area contributed by atoms with E-state index in [0.29, 0.717) is 36.0 Å². The van der Waals surface area contributed by atoms with Gasteiger partial charge >= 0.3 is 6.09 Å². The fraction of sp³-hybridized carbons (Fsp3) is 0.500. The zero-order valence-corrected chi connectivity index (χ0v) is 12.8. The maximum absolute atomic E-state index is 11.4. The van der Waals surface area contributed by atoms with E-state index in [2.05, 4.69) is 5.32 Å². The molecule has 0 heterocycles. The van der Waals surface area contributed by atoms with Crippen molar-refractivity contribution in [1.82, 2.24) is 5.32 Å². The Morgan fingerprint density at radius 1 is 1.40 bits per heavy atom. The summed E-state index contributed by atoms with van der Waals surface area (Å²) < 4.78 is 10.6. The number of halogens is 1. The van der Waals surface area contributed by atoms with Gasteiger partial charge in [-0.2, -0.15) is 0 Å². The molecule has 0 saturated heterocycles. The van der Waals surface area contributed by atoms with E-state index in [1.807, 2.05) is 20.8 Å². The molecule has 20 heavy (non-hydrogen) atoms. The van der Waals surface area contributed by atoms with Crippen LogP contribution in [-0.2, 0) is 4.74 Å². The lowest BCUT2D eigenvalue weighted by Gasteiger charge is -2.19. The zero-order valence-electron chi connectivity index (χ0n) is 12.0. The summed E-state index contributed by atoms with van der Waals surface area (Å²) >= 11 is 5.79. The largest absolute Gasteiger partial charge is 0.491 e. The Morgan fingerprint density at radius 3 is 2.70 bits per heavy atom. The van der Waals surface area contributed by atoms with Gasteiger partial charge in [-0.25, -0.2) is 4.79 Å². The number of hydrogen-bond donors (Lipinski definition) is 2. The average Bonchev–Trinajstić information content (AvgIpc) is 2.28. The van der Waals surface area contributed by atoms with Gasteiger partial charge in [0, 0.05) is 11.6 Å². The molecule has 0 bridgehead atoms. The summed E-state index contributed by atoms with van der Waals surface area (Å²) in [6, 6.07) is 5.07. The summed E-state index contributed by atoms with van der Waals surface area (Å²) in [5.41, 5.74) is 5.76. The first-order valence-corrected chi connectivity index (χ1v) is 6.80. The zero-order chi connectivity index (χ0) is 15.2. The maximum Gasteiger partial charge on any atom is 0.407 e. The van der Waals surface area contributed by atoms with E-state index in [-0.39, 0.29) is 0 Å². The van der Waals surface area contributed by atoms with Crippen LogP contribution in [0, 0.1) is 0 Å². The fourth-order valence-electron chi connectivity index (χ4n) is 1.41. The van der Waals surface area contributed by atoms with Gasteiger partial charge in [0.25, 0.3) is 0 Å². The third-order valence-corrected chi connectivity index (χ3v) is 2.45. The van der Waals surface area contributed by atoms with Crippen molar-refractivity contribution in [2.45, 2.75) is 32.8 Å². The SMILES string of the molecule is CC(C)(C)OC(=O)NCCCOc1ccc(Cl)cc1N. The van der Waals surface area contributed by atoms with Crippen molar-refractivity contribution in [1.29, 1.82) is 0 Å². The first-order valence-electron chi connectivity index (χ1n) is 6.42. The van der Waals surface area contributed by atoms with Crippen LogP contribution in [0.2, 0.25) is 5.02 Å². The number of rotatable bonds is 5. The lowest BCUT2D eigenvalue weighted by atomic mass is 10.2. The minimum absolute atomic E-state index is 0.427. The monoisotopic (exact) mass is 300 g/mol. The summed E-state index contributed by atoms with van der Waals surface area (Å²) in [4.78, 5) is 11.4. The highest BCUT2D eigenvalue weighted by atomic mass is 35.5. The second-order valence-electron chi connectivity index (χ2n) is 5.31. The predicted octanol–water partition coefficient (Wildman–Crippen LogP) is 3.22. The van der Waals surface area contributed by atoms with E-state index in [1.54, 1.807) is 18.2 Å². The Balaban J connectivity index is 2.21. The number of nitrogen functional groups attached to an aromatic ring is 1. The number of amides is 1. The van der Waals surface area contributed by atoms with E-state index < -0.39 is 11.7 Å². The van der Waals surface area contributed by atoms with Gasteiger partial charge in [0.15, 0.2) is 0 Å². The first kappa shape index (κ1) is 16.4. The topological polar surface area (TPSA) is 73.6 Å². The minimum atomic E-state index is -0.488. The van der Waals surface area contributed by atoms with Gasteiger partial charge in [-0.15, -0.1) is 0 Å². The number of benzene rings is 1. The maximum atomic E-state index is 11.4. The van der Waals surface area contributed by atoms with E-state index in [1.165, 1.54) is 0 Å².